The van der Waals surface area contributed by atoms with Crippen molar-refractivity contribution in [1.29, 1.82) is 0 Å². The average molecular weight is 515 g/mol. The molecule has 0 aliphatic rings. The van der Waals surface area contributed by atoms with Crippen molar-refractivity contribution in [3.63, 3.8) is 0 Å². The van der Waals surface area contributed by atoms with Crippen molar-refractivity contribution in [1.82, 2.24) is 0 Å². The number of Topliss-reactive ketones (excluding diaryl/α,β-unsaturated/α-hetero) is 1. The van der Waals surface area contributed by atoms with E-state index in [9.17, 15) is 14.3 Å². The van der Waals surface area contributed by atoms with E-state index in [2.05, 4.69) is 23.8 Å². The van der Waals surface area contributed by atoms with Crippen molar-refractivity contribution in [3.05, 3.63) is 29.8 Å². The first-order valence-corrected chi connectivity index (χ1v) is 15.3. The molecule has 0 heterocycles. The molecule has 0 saturated carbocycles. The maximum Gasteiger partial charge on any atom is 0.538 e. The second-order valence-corrected chi connectivity index (χ2v) is 11.2. The van der Waals surface area contributed by atoms with E-state index in [0.717, 1.165) is 44.1 Å². The molecule has 0 radical (unpaired) electrons. The molecule has 5 nitrogen and oxygen atoms in total. The quantitative estimate of drug-likeness (QED) is 0.0659. The van der Waals surface area contributed by atoms with Gasteiger partial charge in [0.25, 0.3) is 0 Å². The highest BCUT2D eigenvalue weighted by molar-refractivity contribution is 7.80. The van der Waals surface area contributed by atoms with E-state index in [1.165, 1.54) is 77.0 Å². The Kier molecular flexibility index (Phi) is 18.7. The van der Waals surface area contributed by atoms with Crippen LogP contribution in [0, 0.1) is 0 Å². The number of phosphoric acid groups is 1. The molecule has 0 aromatic heterocycles. The summed E-state index contributed by atoms with van der Waals surface area (Å²) in [7, 11) is -4.14. The zero-order valence-corrected chi connectivity index (χ0v) is 23.0. The third-order valence-corrected chi connectivity index (χ3v) is 7.49. The highest BCUT2D eigenvalue weighted by atomic mass is 32.1. The molecule has 1 atom stereocenters. The predicted octanol–water partition coefficient (Wildman–Crippen LogP) is 9.18. The number of phosphoric ester groups is 1. The zero-order valence-electron chi connectivity index (χ0n) is 21.2. The van der Waals surface area contributed by atoms with Crippen LogP contribution < -0.4 is 4.52 Å². The second-order valence-electron chi connectivity index (χ2n) is 9.38. The Hall–Kier alpha value is -0.810. The first kappa shape index (κ1) is 31.2. The third-order valence-electron chi connectivity index (χ3n) is 6.23. The molecule has 0 saturated heterocycles. The Morgan fingerprint density at radius 2 is 1.21 bits per heavy atom. The van der Waals surface area contributed by atoms with Gasteiger partial charge in [-0.3, -0.25) is 9.69 Å². The average Bonchev–Trinajstić information content (AvgIpc) is 2.82. The summed E-state index contributed by atoms with van der Waals surface area (Å²) in [6.07, 6.45) is 22.6. The fraction of sp³-hybridized carbons (Fsp3) is 0.741. The van der Waals surface area contributed by atoms with E-state index in [-0.39, 0.29) is 5.75 Å². The monoisotopic (exact) mass is 514 g/mol. The number of ketones is 1. The molecule has 1 N–H and O–H groups in total. The number of hydrogen-bond acceptors (Lipinski definition) is 5. The minimum Gasteiger partial charge on any atom is -0.404 e. The Morgan fingerprint density at radius 1 is 0.765 bits per heavy atom. The van der Waals surface area contributed by atoms with Crippen LogP contribution in [0.1, 0.15) is 128 Å². The van der Waals surface area contributed by atoms with Crippen molar-refractivity contribution < 1.29 is 22.7 Å². The van der Waals surface area contributed by atoms with Crippen LogP contribution in [-0.2, 0) is 19.8 Å². The number of benzene rings is 1. The summed E-state index contributed by atoms with van der Waals surface area (Å²) in [5, 5.41) is 0. The van der Waals surface area contributed by atoms with E-state index in [1.807, 2.05) is 12.1 Å². The van der Waals surface area contributed by atoms with E-state index in [1.54, 1.807) is 12.1 Å². The standard InChI is InChI=1S/C27H47O5PS/c1-2-3-4-5-6-7-8-9-10-11-12-13-16-19-26(28)20-17-14-15-18-25-21-23-27(24-22-25)31-33(29,30)32-34/h21-24,34H,2-20H2,1H3,(H,29,30). The normalized spacial score (nSPS) is 13.0. The van der Waals surface area contributed by atoms with Crippen LogP contribution in [0.5, 0.6) is 5.75 Å². The number of unbranched alkanes of at least 4 members (excludes halogenated alkanes) is 14. The van der Waals surface area contributed by atoms with Gasteiger partial charge in [-0.15, -0.1) is 0 Å². The lowest BCUT2D eigenvalue weighted by Crippen LogP contribution is -1.98. The van der Waals surface area contributed by atoms with Crippen LogP contribution in [0.25, 0.3) is 0 Å². The van der Waals surface area contributed by atoms with Crippen LogP contribution in [0.15, 0.2) is 24.3 Å². The van der Waals surface area contributed by atoms with Gasteiger partial charge >= 0.3 is 7.82 Å². The maximum absolute atomic E-state index is 12.1. The van der Waals surface area contributed by atoms with Crippen molar-refractivity contribution in [2.24, 2.45) is 0 Å². The minimum atomic E-state index is -4.14. The molecule has 7 heteroatoms. The topological polar surface area (TPSA) is 72.8 Å². The van der Waals surface area contributed by atoms with Crippen LogP contribution in [0.3, 0.4) is 0 Å². The van der Waals surface area contributed by atoms with Crippen LogP contribution in [0.4, 0.5) is 0 Å². The Balaban J connectivity index is 1.91. The molecule has 196 valence electrons. The van der Waals surface area contributed by atoms with Gasteiger partial charge in [-0.1, -0.05) is 103 Å². The zero-order chi connectivity index (χ0) is 24.9. The molecule has 0 fully saturated rings. The molecule has 1 rings (SSSR count). The first-order chi connectivity index (χ1) is 16.5. The van der Waals surface area contributed by atoms with Crippen molar-refractivity contribution in [3.8, 4) is 5.75 Å². The second kappa shape index (κ2) is 20.4. The molecule has 0 aliphatic heterocycles. The molecule has 34 heavy (non-hydrogen) atoms. The lowest BCUT2D eigenvalue weighted by atomic mass is 10.0. The summed E-state index contributed by atoms with van der Waals surface area (Å²) < 4.78 is 20.3. The van der Waals surface area contributed by atoms with E-state index in [4.69, 9.17) is 4.52 Å². The van der Waals surface area contributed by atoms with E-state index < -0.39 is 7.82 Å². The summed E-state index contributed by atoms with van der Waals surface area (Å²) in [6, 6.07) is 7.02. The molecule has 1 aromatic carbocycles. The molecular formula is C27H47O5PS. The molecule has 0 bridgehead atoms. The van der Waals surface area contributed by atoms with Gasteiger partial charge in [-0.25, -0.2) is 8.54 Å². The van der Waals surface area contributed by atoms with Crippen LogP contribution in [0.2, 0.25) is 0 Å². The Bertz CT molecular complexity index is 680. The van der Waals surface area contributed by atoms with E-state index in [0.29, 0.717) is 12.2 Å². The molecule has 1 unspecified atom stereocenters. The molecular weight excluding hydrogens is 467 g/mol. The lowest BCUT2D eigenvalue weighted by molar-refractivity contribution is -0.119. The summed E-state index contributed by atoms with van der Waals surface area (Å²) in [4.78, 5) is 21.3. The van der Waals surface area contributed by atoms with E-state index >= 15 is 0 Å². The molecule has 0 aliphatic carbocycles. The summed E-state index contributed by atoms with van der Waals surface area (Å²) >= 11 is 3.32. The highest BCUT2D eigenvalue weighted by Gasteiger charge is 2.21. The SMILES string of the molecule is CCCCCCCCCCCCCCCC(=O)CCCCCc1ccc(OP(=O)(O)OS)cc1. The van der Waals surface area contributed by atoms with Gasteiger partial charge in [-0.05, 0) is 56.3 Å². The first-order valence-electron chi connectivity index (χ1n) is 13.4. The number of carbonyl (C=O) groups is 1. The van der Waals surface area contributed by atoms with Gasteiger partial charge < -0.3 is 4.52 Å². The maximum atomic E-state index is 12.1. The minimum absolute atomic E-state index is 0.266. The number of rotatable bonds is 23. The molecule has 0 amide bonds. The largest absolute Gasteiger partial charge is 0.538 e. The van der Waals surface area contributed by atoms with Crippen molar-refractivity contribution >= 4 is 26.5 Å². The van der Waals surface area contributed by atoms with Crippen molar-refractivity contribution in [2.45, 2.75) is 129 Å². The van der Waals surface area contributed by atoms with Gasteiger partial charge in [-0.2, -0.15) is 0 Å². The Morgan fingerprint density at radius 3 is 1.68 bits per heavy atom. The van der Waals surface area contributed by atoms with Gasteiger partial charge in [0.15, 0.2) is 0 Å². The van der Waals surface area contributed by atoms with Crippen LogP contribution in [-0.4, -0.2) is 10.7 Å². The predicted molar refractivity (Wildman–Crippen MR) is 144 cm³/mol. The smallest absolute Gasteiger partial charge is 0.404 e. The summed E-state index contributed by atoms with van der Waals surface area (Å²) in [6.45, 7) is 2.27. The van der Waals surface area contributed by atoms with Gasteiger partial charge in [0.1, 0.15) is 11.5 Å². The highest BCUT2D eigenvalue weighted by Crippen LogP contribution is 2.44. The number of carbonyl (C=O) groups excluding carboxylic acids is 1. The van der Waals surface area contributed by atoms with Gasteiger partial charge in [0, 0.05) is 12.8 Å². The fourth-order valence-corrected chi connectivity index (χ4v) is 4.68. The van der Waals surface area contributed by atoms with Crippen LogP contribution >= 0.6 is 20.7 Å². The number of thiol groups is 1. The Labute approximate surface area is 213 Å². The van der Waals surface area contributed by atoms with Gasteiger partial charge in [0.05, 0.1) is 0 Å². The number of aryl methyl sites for hydroxylation is 1. The van der Waals surface area contributed by atoms with Crippen molar-refractivity contribution in [2.75, 3.05) is 0 Å². The fourth-order valence-electron chi connectivity index (χ4n) is 4.16. The molecule has 0 spiro atoms. The number of hydrogen-bond donors (Lipinski definition) is 2. The third kappa shape index (κ3) is 17.6. The summed E-state index contributed by atoms with van der Waals surface area (Å²) in [5.74, 6) is 0.673. The molecule has 1 aromatic rings. The lowest BCUT2D eigenvalue weighted by Gasteiger charge is -2.09. The summed E-state index contributed by atoms with van der Waals surface area (Å²) in [5.41, 5.74) is 1.13. The van der Waals surface area contributed by atoms with Gasteiger partial charge in [0.2, 0.25) is 0 Å².